The molecule has 4 rings (SSSR count). The summed E-state index contributed by atoms with van der Waals surface area (Å²) in [5, 5.41) is 3.43. The average molecular weight is 539 g/mol. The Morgan fingerprint density at radius 1 is 0.921 bits per heavy atom. The summed E-state index contributed by atoms with van der Waals surface area (Å²) in [5.74, 6) is -0.332. The molecule has 3 aromatic rings. The maximum Gasteiger partial charge on any atom is 0.322 e. The molecular formula is C29H32ClFN4O3. The van der Waals surface area contributed by atoms with E-state index in [1.54, 1.807) is 41.3 Å². The first-order chi connectivity index (χ1) is 18.5. The van der Waals surface area contributed by atoms with Crippen molar-refractivity contribution in [2.24, 2.45) is 0 Å². The van der Waals surface area contributed by atoms with Gasteiger partial charge in [0.05, 0.1) is 6.61 Å². The first-order valence-corrected chi connectivity index (χ1v) is 13.0. The summed E-state index contributed by atoms with van der Waals surface area (Å²) in [6.45, 7) is 4.58. The lowest BCUT2D eigenvalue weighted by atomic mass is 10.2. The van der Waals surface area contributed by atoms with E-state index in [1.807, 2.05) is 35.2 Å². The highest BCUT2D eigenvalue weighted by Gasteiger charge is 2.22. The zero-order valence-electron chi connectivity index (χ0n) is 21.2. The molecule has 200 valence electrons. The highest BCUT2D eigenvalue weighted by atomic mass is 35.5. The molecule has 0 bridgehead atoms. The molecule has 0 radical (unpaired) electrons. The molecule has 1 N–H and O–H groups in total. The van der Waals surface area contributed by atoms with Crippen LogP contribution in [0.25, 0.3) is 0 Å². The molecule has 1 aliphatic heterocycles. The Morgan fingerprint density at radius 3 is 2.37 bits per heavy atom. The van der Waals surface area contributed by atoms with Gasteiger partial charge >= 0.3 is 6.03 Å². The van der Waals surface area contributed by atoms with Crippen LogP contribution in [0.15, 0.2) is 78.9 Å². The zero-order chi connectivity index (χ0) is 26.7. The fourth-order valence-electron chi connectivity index (χ4n) is 4.24. The monoisotopic (exact) mass is 538 g/mol. The summed E-state index contributed by atoms with van der Waals surface area (Å²) >= 11 is 6.06. The molecule has 3 amide bonds. The van der Waals surface area contributed by atoms with Gasteiger partial charge in [0.2, 0.25) is 5.91 Å². The molecule has 1 saturated heterocycles. The highest BCUT2D eigenvalue weighted by molar-refractivity contribution is 6.30. The molecule has 0 aliphatic carbocycles. The second-order valence-electron chi connectivity index (χ2n) is 9.19. The van der Waals surface area contributed by atoms with Crippen LogP contribution in [0.5, 0.6) is 0 Å². The number of carbonyl (C=O) groups excluding carboxylic acids is 2. The second-order valence-corrected chi connectivity index (χ2v) is 9.63. The number of ether oxygens (including phenoxy) is 1. The zero-order valence-corrected chi connectivity index (χ0v) is 21.9. The molecule has 3 aromatic carbocycles. The standard InChI is InChI=1S/C29H32ClFN4O3/c30-25-7-4-8-27(19-25)32-29(37)35(20-23-9-11-26(31)12-10-23)18-15-33-13-16-34(17-14-33)28(36)22-38-21-24-5-2-1-3-6-24/h1-12,19H,13-18,20-22H2,(H,32,37). The molecule has 0 unspecified atom stereocenters. The quantitative estimate of drug-likeness (QED) is 0.400. The third kappa shape index (κ3) is 8.55. The van der Waals surface area contributed by atoms with Crippen molar-refractivity contribution in [1.82, 2.24) is 14.7 Å². The number of nitrogens with one attached hydrogen (secondary N) is 1. The van der Waals surface area contributed by atoms with E-state index in [0.29, 0.717) is 63.1 Å². The van der Waals surface area contributed by atoms with Gasteiger partial charge in [-0.2, -0.15) is 0 Å². The number of piperazine rings is 1. The third-order valence-electron chi connectivity index (χ3n) is 6.40. The van der Waals surface area contributed by atoms with Crippen LogP contribution >= 0.6 is 11.6 Å². The van der Waals surface area contributed by atoms with Gasteiger partial charge in [0.1, 0.15) is 12.4 Å². The van der Waals surface area contributed by atoms with Crippen LogP contribution in [-0.4, -0.2) is 72.5 Å². The van der Waals surface area contributed by atoms with E-state index in [4.69, 9.17) is 16.3 Å². The summed E-state index contributed by atoms with van der Waals surface area (Å²) in [6.07, 6.45) is 0. The Balaban J connectivity index is 1.26. The van der Waals surface area contributed by atoms with Crippen molar-refractivity contribution in [2.75, 3.05) is 51.2 Å². The van der Waals surface area contributed by atoms with E-state index >= 15 is 0 Å². The van der Waals surface area contributed by atoms with E-state index in [1.165, 1.54) is 12.1 Å². The van der Waals surface area contributed by atoms with Crippen molar-refractivity contribution in [3.8, 4) is 0 Å². The number of benzene rings is 3. The number of hydrogen-bond donors (Lipinski definition) is 1. The van der Waals surface area contributed by atoms with Gasteiger partial charge in [-0.3, -0.25) is 9.69 Å². The highest BCUT2D eigenvalue weighted by Crippen LogP contribution is 2.16. The van der Waals surface area contributed by atoms with Crippen molar-refractivity contribution in [3.63, 3.8) is 0 Å². The number of anilines is 1. The molecule has 7 nitrogen and oxygen atoms in total. The van der Waals surface area contributed by atoms with Crippen LogP contribution < -0.4 is 5.32 Å². The molecule has 0 atom stereocenters. The lowest BCUT2D eigenvalue weighted by Gasteiger charge is -2.36. The minimum atomic E-state index is -0.318. The Bertz CT molecular complexity index is 1190. The van der Waals surface area contributed by atoms with Crippen LogP contribution in [0.1, 0.15) is 11.1 Å². The molecule has 1 aliphatic rings. The molecule has 38 heavy (non-hydrogen) atoms. The number of carbonyl (C=O) groups is 2. The van der Waals surface area contributed by atoms with Gasteiger partial charge in [0, 0.05) is 56.5 Å². The van der Waals surface area contributed by atoms with E-state index in [-0.39, 0.29) is 24.4 Å². The summed E-state index contributed by atoms with van der Waals surface area (Å²) in [5.41, 5.74) is 2.47. The van der Waals surface area contributed by atoms with E-state index in [2.05, 4.69) is 10.2 Å². The van der Waals surface area contributed by atoms with Crippen LogP contribution in [0.2, 0.25) is 5.02 Å². The average Bonchev–Trinajstić information content (AvgIpc) is 2.93. The summed E-state index contributed by atoms with van der Waals surface area (Å²) in [4.78, 5) is 31.4. The fourth-order valence-corrected chi connectivity index (χ4v) is 4.43. The minimum Gasteiger partial charge on any atom is -0.367 e. The molecule has 0 spiro atoms. The lowest BCUT2D eigenvalue weighted by molar-refractivity contribution is -0.138. The SMILES string of the molecule is O=C(COCc1ccccc1)N1CCN(CCN(Cc2ccc(F)cc2)C(=O)Nc2cccc(Cl)c2)CC1. The molecule has 1 fully saturated rings. The smallest absolute Gasteiger partial charge is 0.322 e. The Kier molecular flexibility index (Phi) is 10.1. The van der Waals surface area contributed by atoms with Crippen molar-refractivity contribution >= 4 is 29.2 Å². The van der Waals surface area contributed by atoms with Crippen LogP contribution in [-0.2, 0) is 22.7 Å². The maximum absolute atomic E-state index is 13.4. The van der Waals surface area contributed by atoms with Crippen molar-refractivity contribution in [1.29, 1.82) is 0 Å². The summed E-state index contributed by atoms with van der Waals surface area (Å²) in [7, 11) is 0. The number of halogens is 2. The number of amides is 3. The molecule has 0 aromatic heterocycles. The summed E-state index contributed by atoms with van der Waals surface area (Å²) in [6, 6.07) is 22.6. The Labute approximate surface area is 227 Å². The van der Waals surface area contributed by atoms with E-state index in [0.717, 1.165) is 11.1 Å². The number of rotatable bonds is 10. The predicted molar refractivity (Wildman–Crippen MR) is 146 cm³/mol. The van der Waals surface area contributed by atoms with Crippen LogP contribution in [0, 0.1) is 5.82 Å². The van der Waals surface area contributed by atoms with Crippen molar-refractivity contribution in [3.05, 3.63) is 101 Å². The first-order valence-electron chi connectivity index (χ1n) is 12.6. The fraction of sp³-hybridized carbons (Fsp3) is 0.310. The van der Waals surface area contributed by atoms with Gasteiger partial charge in [-0.15, -0.1) is 0 Å². The first kappa shape index (κ1) is 27.6. The van der Waals surface area contributed by atoms with E-state index < -0.39 is 0 Å². The minimum absolute atomic E-state index is 0.0144. The molecule has 1 heterocycles. The van der Waals surface area contributed by atoms with Gasteiger partial charge in [-0.1, -0.05) is 60.1 Å². The summed E-state index contributed by atoms with van der Waals surface area (Å²) < 4.78 is 19.0. The normalized spacial score (nSPS) is 13.8. The third-order valence-corrected chi connectivity index (χ3v) is 6.63. The maximum atomic E-state index is 13.4. The van der Waals surface area contributed by atoms with E-state index in [9.17, 15) is 14.0 Å². The van der Waals surface area contributed by atoms with Crippen LogP contribution in [0.3, 0.4) is 0 Å². The number of urea groups is 1. The van der Waals surface area contributed by atoms with Gasteiger partial charge in [0.25, 0.3) is 0 Å². The Hall–Kier alpha value is -3.46. The molecule has 0 saturated carbocycles. The van der Waals surface area contributed by atoms with Crippen molar-refractivity contribution in [2.45, 2.75) is 13.2 Å². The lowest BCUT2D eigenvalue weighted by Crippen LogP contribution is -2.51. The number of nitrogens with zero attached hydrogens (tertiary/aromatic N) is 3. The molecule has 9 heteroatoms. The van der Waals surface area contributed by atoms with Crippen molar-refractivity contribution < 1.29 is 18.7 Å². The number of hydrogen-bond acceptors (Lipinski definition) is 4. The predicted octanol–water partition coefficient (Wildman–Crippen LogP) is 4.87. The Morgan fingerprint density at radius 2 is 1.66 bits per heavy atom. The largest absolute Gasteiger partial charge is 0.367 e. The van der Waals surface area contributed by atoms with Gasteiger partial charge < -0.3 is 19.9 Å². The van der Waals surface area contributed by atoms with Gasteiger partial charge in [-0.25, -0.2) is 9.18 Å². The van der Waals surface area contributed by atoms with Gasteiger partial charge in [-0.05, 0) is 41.5 Å². The second kappa shape index (κ2) is 13.9. The molecular weight excluding hydrogens is 507 g/mol. The topological polar surface area (TPSA) is 65.1 Å². The van der Waals surface area contributed by atoms with Gasteiger partial charge in [0.15, 0.2) is 0 Å². The van der Waals surface area contributed by atoms with Crippen LogP contribution in [0.4, 0.5) is 14.9 Å².